The van der Waals surface area contributed by atoms with Crippen LogP contribution in [0.4, 0.5) is 0 Å². The van der Waals surface area contributed by atoms with Crippen molar-refractivity contribution in [2.45, 2.75) is 13.2 Å². The van der Waals surface area contributed by atoms with Crippen LogP contribution in [0.15, 0.2) is 47.0 Å². The smallest absolute Gasteiger partial charge is 0.287 e. The maximum absolute atomic E-state index is 12.2. The van der Waals surface area contributed by atoms with Crippen molar-refractivity contribution < 1.29 is 13.9 Å². The maximum Gasteiger partial charge on any atom is 0.287 e. The van der Waals surface area contributed by atoms with Crippen LogP contribution in [0.3, 0.4) is 0 Å². The van der Waals surface area contributed by atoms with Crippen molar-refractivity contribution in [3.05, 3.63) is 69.9 Å². The van der Waals surface area contributed by atoms with Gasteiger partial charge in [-0.05, 0) is 24.3 Å². The molecule has 0 bridgehead atoms. The van der Waals surface area contributed by atoms with Crippen molar-refractivity contribution in [1.82, 2.24) is 15.1 Å². The number of carbonyl (C=O) groups excluding carboxylic acids is 1. The van der Waals surface area contributed by atoms with E-state index < -0.39 is 0 Å². The Bertz CT molecular complexity index is 869. The van der Waals surface area contributed by atoms with E-state index in [1.165, 1.54) is 6.20 Å². The molecule has 0 radical (unpaired) electrons. The molecule has 0 saturated carbocycles. The number of benzene rings is 1. The molecule has 1 amide bonds. The molecule has 1 N–H and O–H groups in total. The van der Waals surface area contributed by atoms with Crippen molar-refractivity contribution in [2.24, 2.45) is 7.05 Å². The lowest BCUT2D eigenvalue weighted by Gasteiger charge is -2.06. The average Bonchev–Trinajstić information content (AvgIpc) is 3.20. The molecule has 0 aliphatic heterocycles. The fourth-order valence-corrected chi connectivity index (χ4v) is 2.60. The van der Waals surface area contributed by atoms with Crippen LogP contribution in [0, 0.1) is 0 Å². The van der Waals surface area contributed by atoms with Crippen LogP contribution in [0.2, 0.25) is 10.0 Å². The lowest BCUT2D eigenvalue weighted by molar-refractivity contribution is 0.0918. The predicted octanol–water partition coefficient (Wildman–Crippen LogP) is 3.83. The lowest BCUT2D eigenvalue weighted by Crippen LogP contribution is -2.23. The minimum Gasteiger partial charge on any atom is -0.484 e. The largest absolute Gasteiger partial charge is 0.484 e. The van der Waals surface area contributed by atoms with Gasteiger partial charge < -0.3 is 14.5 Å². The van der Waals surface area contributed by atoms with Gasteiger partial charge in [-0.1, -0.05) is 35.3 Å². The van der Waals surface area contributed by atoms with E-state index in [-0.39, 0.29) is 24.8 Å². The number of amides is 1. The van der Waals surface area contributed by atoms with E-state index in [9.17, 15) is 4.79 Å². The van der Waals surface area contributed by atoms with E-state index in [1.54, 1.807) is 36.0 Å². The standard InChI is InChI=1S/C17H15Cl2N3O3/c1-22-14(13(19)8-21-22)9-20-17(23)16-7-6-11(25-16)10-24-15-5-3-2-4-12(15)18/h2-8H,9-10H2,1H3,(H,20,23). The monoisotopic (exact) mass is 379 g/mol. The summed E-state index contributed by atoms with van der Waals surface area (Å²) in [6, 6.07) is 10.4. The Morgan fingerprint density at radius 1 is 1.24 bits per heavy atom. The molecule has 3 aromatic rings. The maximum atomic E-state index is 12.2. The first-order valence-electron chi connectivity index (χ1n) is 7.45. The van der Waals surface area contributed by atoms with Crippen molar-refractivity contribution in [3.63, 3.8) is 0 Å². The van der Waals surface area contributed by atoms with Crippen LogP contribution >= 0.6 is 23.2 Å². The number of hydrogen-bond donors (Lipinski definition) is 1. The summed E-state index contributed by atoms with van der Waals surface area (Å²) < 4.78 is 12.7. The number of nitrogens with one attached hydrogen (secondary N) is 1. The van der Waals surface area contributed by atoms with Crippen LogP contribution in [0.1, 0.15) is 22.0 Å². The van der Waals surface area contributed by atoms with Crippen LogP contribution < -0.4 is 10.1 Å². The topological polar surface area (TPSA) is 69.3 Å². The molecular weight excluding hydrogens is 365 g/mol. The summed E-state index contributed by atoms with van der Waals surface area (Å²) in [4.78, 5) is 12.2. The number of furan rings is 1. The molecule has 0 spiro atoms. The second-order valence-corrected chi connectivity index (χ2v) is 6.04. The molecule has 1 aromatic carbocycles. The molecule has 0 saturated heterocycles. The molecule has 0 aliphatic carbocycles. The molecule has 0 aliphatic rings. The summed E-state index contributed by atoms with van der Waals surface area (Å²) >= 11 is 12.0. The van der Waals surface area contributed by atoms with Gasteiger partial charge in [-0.2, -0.15) is 5.10 Å². The molecule has 3 rings (SSSR count). The zero-order valence-corrected chi connectivity index (χ0v) is 14.8. The van der Waals surface area contributed by atoms with Gasteiger partial charge in [-0.3, -0.25) is 9.48 Å². The van der Waals surface area contributed by atoms with Crippen LogP contribution in [0.25, 0.3) is 0 Å². The van der Waals surface area contributed by atoms with Crippen molar-refractivity contribution in [3.8, 4) is 5.75 Å². The molecule has 2 heterocycles. The first-order valence-corrected chi connectivity index (χ1v) is 8.21. The van der Waals surface area contributed by atoms with E-state index in [4.69, 9.17) is 32.4 Å². The molecule has 0 atom stereocenters. The highest BCUT2D eigenvalue weighted by atomic mass is 35.5. The molecule has 6 nitrogen and oxygen atoms in total. The Balaban J connectivity index is 1.57. The summed E-state index contributed by atoms with van der Waals surface area (Å²) in [5, 5.41) is 7.76. The first kappa shape index (κ1) is 17.4. The number of halogens is 2. The number of aryl methyl sites for hydroxylation is 1. The summed E-state index contributed by atoms with van der Waals surface area (Å²) in [5.74, 6) is 0.915. The fraction of sp³-hybridized carbons (Fsp3) is 0.176. The Hall–Kier alpha value is -2.44. The molecule has 130 valence electrons. The third-order valence-electron chi connectivity index (χ3n) is 3.52. The van der Waals surface area contributed by atoms with Crippen LogP contribution in [-0.2, 0) is 20.2 Å². The second-order valence-electron chi connectivity index (χ2n) is 5.23. The minimum absolute atomic E-state index is 0.171. The Morgan fingerprint density at radius 3 is 2.76 bits per heavy atom. The van der Waals surface area contributed by atoms with Crippen molar-refractivity contribution in [1.29, 1.82) is 0 Å². The van der Waals surface area contributed by atoms with Gasteiger partial charge in [-0.15, -0.1) is 0 Å². The summed E-state index contributed by atoms with van der Waals surface area (Å²) in [5.41, 5.74) is 0.712. The SMILES string of the molecule is Cn1ncc(Cl)c1CNC(=O)c1ccc(COc2ccccc2Cl)o1. The zero-order chi connectivity index (χ0) is 17.8. The second kappa shape index (κ2) is 7.63. The van der Waals surface area contributed by atoms with E-state index in [0.29, 0.717) is 27.2 Å². The number of para-hydroxylation sites is 1. The van der Waals surface area contributed by atoms with Gasteiger partial charge >= 0.3 is 0 Å². The third kappa shape index (κ3) is 4.15. The lowest BCUT2D eigenvalue weighted by atomic mass is 10.3. The number of ether oxygens (including phenoxy) is 1. The predicted molar refractivity (Wildman–Crippen MR) is 93.9 cm³/mol. The van der Waals surface area contributed by atoms with E-state index in [1.807, 2.05) is 12.1 Å². The molecule has 0 fully saturated rings. The highest BCUT2D eigenvalue weighted by Gasteiger charge is 2.14. The number of hydrogen-bond acceptors (Lipinski definition) is 4. The first-order chi connectivity index (χ1) is 12.0. The summed E-state index contributed by atoms with van der Waals surface area (Å²) in [6.45, 7) is 0.422. The number of carbonyl (C=O) groups is 1. The van der Waals surface area contributed by atoms with Gasteiger partial charge in [0.2, 0.25) is 0 Å². The Morgan fingerprint density at radius 2 is 2.04 bits per heavy atom. The van der Waals surface area contributed by atoms with Crippen molar-refractivity contribution >= 4 is 29.1 Å². The van der Waals surface area contributed by atoms with Gasteiger partial charge in [0.05, 0.1) is 28.5 Å². The Labute approximate surface area is 154 Å². The van der Waals surface area contributed by atoms with Gasteiger partial charge in [0.15, 0.2) is 5.76 Å². The molecule has 2 aromatic heterocycles. The molecular formula is C17H15Cl2N3O3. The van der Waals surface area contributed by atoms with Gasteiger partial charge in [0, 0.05) is 7.05 Å². The average molecular weight is 380 g/mol. The quantitative estimate of drug-likeness (QED) is 0.706. The zero-order valence-electron chi connectivity index (χ0n) is 13.3. The fourth-order valence-electron chi connectivity index (χ4n) is 2.17. The highest BCUT2D eigenvalue weighted by Crippen LogP contribution is 2.24. The summed E-state index contributed by atoms with van der Waals surface area (Å²) in [6.07, 6.45) is 1.53. The van der Waals surface area contributed by atoms with Gasteiger partial charge in [0.25, 0.3) is 5.91 Å². The van der Waals surface area contributed by atoms with E-state index in [0.717, 1.165) is 0 Å². The van der Waals surface area contributed by atoms with Gasteiger partial charge in [-0.25, -0.2) is 0 Å². The van der Waals surface area contributed by atoms with Crippen LogP contribution in [0.5, 0.6) is 5.75 Å². The molecule has 8 heteroatoms. The third-order valence-corrected chi connectivity index (χ3v) is 4.15. The number of rotatable bonds is 6. The van der Waals surface area contributed by atoms with Crippen molar-refractivity contribution in [2.75, 3.05) is 0 Å². The highest BCUT2D eigenvalue weighted by molar-refractivity contribution is 6.32. The normalized spacial score (nSPS) is 10.7. The summed E-state index contributed by atoms with van der Waals surface area (Å²) in [7, 11) is 1.75. The van der Waals surface area contributed by atoms with Crippen LogP contribution in [-0.4, -0.2) is 15.7 Å². The molecule has 0 unspecified atom stereocenters. The molecule has 25 heavy (non-hydrogen) atoms. The Kier molecular flexibility index (Phi) is 5.31. The minimum atomic E-state index is -0.346. The number of aromatic nitrogens is 2. The van der Waals surface area contributed by atoms with E-state index >= 15 is 0 Å². The van der Waals surface area contributed by atoms with Gasteiger partial charge in [0.1, 0.15) is 18.1 Å². The number of nitrogens with zero attached hydrogens (tertiary/aromatic N) is 2. The van der Waals surface area contributed by atoms with E-state index in [2.05, 4.69) is 10.4 Å².